The second-order valence-electron chi connectivity index (χ2n) is 5.12. The Morgan fingerprint density at radius 1 is 1.17 bits per heavy atom. The Hall–Kier alpha value is -1.19. The predicted molar refractivity (Wildman–Crippen MR) is 74.0 cm³/mol. The van der Waals surface area contributed by atoms with Gasteiger partial charge in [0.1, 0.15) is 5.82 Å². The summed E-state index contributed by atoms with van der Waals surface area (Å²) in [6.07, 6.45) is 2.14. The molecule has 0 atom stereocenters. The van der Waals surface area contributed by atoms with Crippen LogP contribution in [0.5, 0.6) is 0 Å². The molecule has 1 heterocycles. The highest BCUT2D eigenvalue weighted by Gasteiger charge is 2.13. The van der Waals surface area contributed by atoms with Crippen molar-refractivity contribution < 1.29 is 4.39 Å². The minimum Gasteiger partial charge on any atom is -0.304 e. The van der Waals surface area contributed by atoms with Crippen LogP contribution in [0.3, 0.4) is 0 Å². The van der Waals surface area contributed by atoms with Gasteiger partial charge in [-0.1, -0.05) is 23.8 Å². The van der Waals surface area contributed by atoms with Crippen molar-refractivity contribution in [1.29, 1.82) is 0 Å². The quantitative estimate of drug-likeness (QED) is 0.811. The van der Waals surface area contributed by atoms with Crippen LogP contribution >= 0.6 is 0 Å². The zero-order chi connectivity index (χ0) is 13.0. The number of halogens is 1. The predicted octanol–water partition coefficient (Wildman–Crippen LogP) is 2.48. The summed E-state index contributed by atoms with van der Waals surface area (Å²) >= 11 is 0. The lowest BCUT2D eigenvalue weighted by Crippen LogP contribution is -2.44. The summed E-state index contributed by atoms with van der Waals surface area (Å²) in [6.45, 7) is 7.69. The van der Waals surface area contributed by atoms with Crippen molar-refractivity contribution in [2.75, 3.05) is 39.8 Å². The molecule has 18 heavy (non-hydrogen) atoms. The Bertz CT molecular complexity index is 403. The molecule has 1 fully saturated rings. The van der Waals surface area contributed by atoms with Crippen LogP contribution in [-0.2, 0) is 0 Å². The summed E-state index contributed by atoms with van der Waals surface area (Å²) in [4.78, 5) is 4.82. The van der Waals surface area contributed by atoms with Gasteiger partial charge in [0, 0.05) is 32.7 Å². The monoisotopic (exact) mass is 248 g/mol. The van der Waals surface area contributed by atoms with Crippen LogP contribution in [0.25, 0.3) is 6.08 Å². The zero-order valence-corrected chi connectivity index (χ0v) is 11.2. The first-order valence-electron chi connectivity index (χ1n) is 6.47. The highest BCUT2D eigenvalue weighted by Crippen LogP contribution is 2.10. The number of piperazine rings is 1. The lowest BCUT2D eigenvalue weighted by Gasteiger charge is -2.32. The maximum Gasteiger partial charge on any atom is 0.123 e. The smallest absolute Gasteiger partial charge is 0.123 e. The largest absolute Gasteiger partial charge is 0.304 e. The van der Waals surface area contributed by atoms with E-state index in [2.05, 4.69) is 29.8 Å². The van der Waals surface area contributed by atoms with Crippen molar-refractivity contribution in [1.82, 2.24) is 9.80 Å². The molecule has 0 amide bonds. The summed E-state index contributed by atoms with van der Waals surface area (Å²) in [6, 6.07) is 6.66. The Kier molecular flexibility index (Phi) is 4.50. The van der Waals surface area contributed by atoms with E-state index >= 15 is 0 Å². The van der Waals surface area contributed by atoms with Crippen LogP contribution in [0.15, 0.2) is 29.8 Å². The van der Waals surface area contributed by atoms with Crippen LogP contribution in [-0.4, -0.2) is 49.6 Å². The molecule has 1 aliphatic heterocycles. The van der Waals surface area contributed by atoms with E-state index in [0.717, 1.165) is 38.3 Å². The SMILES string of the molecule is C/C(=C\c1ccc(F)cc1)CN1CCN(C)CC1. The molecule has 2 nitrogen and oxygen atoms in total. The van der Waals surface area contributed by atoms with Gasteiger partial charge >= 0.3 is 0 Å². The van der Waals surface area contributed by atoms with Crippen molar-refractivity contribution in [3.8, 4) is 0 Å². The second-order valence-corrected chi connectivity index (χ2v) is 5.12. The lowest BCUT2D eigenvalue weighted by atomic mass is 10.1. The minimum atomic E-state index is -0.177. The van der Waals surface area contributed by atoms with Crippen molar-refractivity contribution in [3.05, 3.63) is 41.2 Å². The lowest BCUT2D eigenvalue weighted by molar-refractivity contribution is 0.164. The molecule has 0 N–H and O–H groups in total. The van der Waals surface area contributed by atoms with Gasteiger partial charge in [0.15, 0.2) is 0 Å². The Balaban J connectivity index is 1.91. The van der Waals surface area contributed by atoms with E-state index in [1.165, 1.54) is 17.7 Å². The Labute approximate surface area is 109 Å². The average molecular weight is 248 g/mol. The van der Waals surface area contributed by atoms with Gasteiger partial charge in [0.25, 0.3) is 0 Å². The van der Waals surface area contributed by atoms with Crippen LogP contribution in [0.4, 0.5) is 4.39 Å². The van der Waals surface area contributed by atoms with Crippen LogP contribution in [0, 0.1) is 5.82 Å². The molecule has 0 spiro atoms. The van der Waals surface area contributed by atoms with Gasteiger partial charge in [-0.05, 0) is 31.7 Å². The van der Waals surface area contributed by atoms with Gasteiger partial charge in [-0.25, -0.2) is 4.39 Å². The molecule has 0 aromatic heterocycles. The highest BCUT2D eigenvalue weighted by molar-refractivity contribution is 5.52. The molecule has 1 saturated heterocycles. The third kappa shape index (κ3) is 3.93. The minimum absolute atomic E-state index is 0.177. The van der Waals surface area contributed by atoms with E-state index in [9.17, 15) is 4.39 Å². The molecule has 2 rings (SSSR count). The maximum absolute atomic E-state index is 12.8. The highest BCUT2D eigenvalue weighted by atomic mass is 19.1. The van der Waals surface area contributed by atoms with E-state index in [4.69, 9.17) is 0 Å². The topological polar surface area (TPSA) is 6.48 Å². The van der Waals surface area contributed by atoms with Crippen LogP contribution in [0.1, 0.15) is 12.5 Å². The fourth-order valence-corrected chi connectivity index (χ4v) is 2.25. The molecule has 1 aromatic rings. The van der Waals surface area contributed by atoms with Crippen LogP contribution in [0.2, 0.25) is 0 Å². The van der Waals surface area contributed by atoms with E-state index in [0.29, 0.717) is 0 Å². The molecule has 1 aromatic carbocycles. The normalized spacial score (nSPS) is 19.2. The van der Waals surface area contributed by atoms with Gasteiger partial charge < -0.3 is 4.90 Å². The fourth-order valence-electron chi connectivity index (χ4n) is 2.25. The molecular weight excluding hydrogens is 227 g/mol. The van der Waals surface area contributed by atoms with E-state index < -0.39 is 0 Å². The standard InChI is InChI=1S/C15H21FN2/c1-13(11-14-3-5-15(16)6-4-14)12-18-9-7-17(2)8-10-18/h3-6,11H,7-10,12H2,1-2H3/b13-11+. The van der Waals surface area contributed by atoms with Crippen molar-refractivity contribution in [3.63, 3.8) is 0 Å². The number of hydrogen-bond acceptors (Lipinski definition) is 2. The van der Waals surface area contributed by atoms with Crippen molar-refractivity contribution >= 4 is 6.08 Å². The summed E-state index contributed by atoms with van der Waals surface area (Å²) < 4.78 is 12.8. The van der Waals surface area contributed by atoms with Crippen molar-refractivity contribution in [2.45, 2.75) is 6.92 Å². The summed E-state index contributed by atoms with van der Waals surface area (Å²) in [5, 5.41) is 0. The van der Waals surface area contributed by atoms with Crippen LogP contribution < -0.4 is 0 Å². The number of hydrogen-bond donors (Lipinski definition) is 0. The molecule has 3 heteroatoms. The van der Waals surface area contributed by atoms with E-state index in [1.54, 1.807) is 0 Å². The van der Waals surface area contributed by atoms with Gasteiger partial charge in [-0.3, -0.25) is 4.90 Å². The van der Waals surface area contributed by atoms with Crippen molar-refractivity contribution in [2.24, 2.45) is 0 Å². The third-order valence-electron chi connectivity index (χ3n) is 3.35. The first kappa shape index (κ1) is 13.2. The summed E-state index contributed by atoms with van der Waals surface area (Å²) in [5.74, 6) is -0.177. The fraction of sp³-hybridized carbons (Fsp3) is 0.467. The van der Waals surface area contributed by atoms with E-state index in [1.807, 2.05) is 12.1 Å². The Morgan fingerprint density at radius 2 is 1.78 bits per heavy atom. The van der Waals surface area contributed by atoms with Gasteiger partial charge in [-0.2, -0.15) is 0 Å². The summed E-state index contributed by atoms with van der Waals surface area (Å²) in [7, 11) is 2.17. The zero-order valence-electron chi connectivity index (χ0n) is 11.2. The number of benzene rings is 1. The molecule has 0 bridgehead atoms. The third-order valence-corrected chi connectivity index (χ3v) is 3.35. The number of likely N-dealkylation sites (N-methyl/N-ethyl adjacent to an activating group) is 1. The first-order valence-corrected chi connectivity index (χ1v) is 6.47. The molecule has 0 aliphatic carbocycles. The van der Waals surface area contributed by atoms with Gasteiger partial charge in [-0.15, -0.1) is 0 Å². The number of nitrogens with zero attached hydrogens (tertiary/aromatic N) is 2. The molecule has 0 unspecified atom stereocenters. The molecule has 98 valence electrons. The molecule has 0 radical (unpaired) electrons. The van der Waals surface area contributed by atoms with Gasteiger partial charge in [0.2, 0.25) is 0 Å². The Morgan fingerprint density at radius 3 is 2.39 bits per heavy atom. The summed E-state index contributed by atoms with van der Waals surface area (Å²) in [5.41, 5.74) is 2.40. The molecule has 1 aliphatic rings. The maximum atomic E-state index is 12.8. The molecular formula is C15H21FN2. The average Bonchev–Trinajstić information content (AvgIpc) is 2.35. The number of rotatable bonds is 3. The van der Waals surface area contributed by atoms with E-state index in [-0.39, 0.29) is 5.82 Å². The first-order chi connectivity index (χ1) is 8.63. The second kappa shape index (κ2) is 6.12. The molecule has 0 saturated carbocycles. The van der Waals surface area contributed by atoms with Gasteiger partial charge in [0.05, 0.1) is 0 Å².